The molecule has 0 amide bonds. The number of anilines is 1. The topological polar surface area (TPSA) is 53.3 Å². The van der Waals surface area contributed by atoms with E-state index in [2.05, 4.69) is 4.74 Å². The summed E-state index contributed by atoms with van der Waals surface area (Å²) in [4.78, 5) is 13.0. The first kappa shape index (κ1) is 14.3. The average molecular weight is 280 g/mol. The largest absolute Gasteiger partial charge is 0.469 e. The van der Waals surface area contributed by atoms with Gasteiger partial charge in [-0.15, -0.1) is 0 Å². The first-order valence-electron chi connectivity index (χ1n) is 6.28. The summed E-state index contributed by atoms with van der Waals surface area (Å²) in [5.74, 6) is -2.01. The summed E-state index contributed by atoms with van der Waals surface area (Å²) in [6, 6.07) is 3.75. The molecule has 106 valence electrons. The van der Waals surface area contributed by atoms with E-state index in [0.29, 0.717) is 25.9 Å². The van der Waals surface area contributed by atoms with Crippen LogP contribution in [-0.2, 0) is 9.53 Å². The number of nitriles is 1. The Bertz CT molecular complexity index is 538. The minimum Gasteiger partial charge on any atom is -0.469 e. The summed E-state index contributed by atoms with van der Waals surface area (Å²) in [6.45, 7) is 0.749. The molecule has 0 saturated carbocycles. The fourth-order valence-electron chi connectivity index (χ4n) is 2.44. The van der Waals surface area contributed by atoms with Crippen LogP contribution in [0.15, 0.2) is 12.1 Å². The Morgan fingerprint density at radius 2 is 1.90 bits per heavy atom. The van der Waals surface area contributed by atoms with Gasteiger partial charge in [0.05, 0.1) is 24.7 Å². The van der Waals surface area contributed by atoms with Crippen molar-refractivity contribution < 1.29 is 18.3 Å². The van der Waals surface area contributed by atoms with Gasteiger partial charge in [-0.05, 0) is 25.0 Å². The summed E-state index contributed by atoms with van der Waals surface area (Å²) < 4.78 is 32.4. The van der Waals surface area contributed by atoms with Gasteiger partial charge in [0, 0.05) is 13.1 Å². The highest BCUT2D eigenvalue weighted by molar-refractivity contribution is 5.72. The van der Waals surface area contributed by atoms with Crippen molar-refractivity contribution >= 4 is 11.7 Å². The van der Waals surface area contributed by atoms with Crippen molar-refractivity contribution in [2.75, 3.05) is 25.1 Å². The highest BCUT2D eigenvalue weighted by Crippen LogP contribution is 2.29. The number of rotatable bonds is 2. The Morgan fingerprint density at radius 1 is 1.35 bits per heavy atom. The van der Waals surface area contributed by atoms with Crippen molar-refractivity contribution in [2.24, 2.45) is 5.92 Å². The lowest BCUT2D eigenvalue weighted by Crippen LogP contribution is -2.37. The van der Waals surface area contributed by atoms with E-state index in [9.17, 15) is 13.6 Å². The number of carbonyl (C=O) groups excluding carboxylic acids is 1. The van der Waals surface area contributed by atoms with Crippen LogP contribution in [-0.4, -0.2) is 26.2 Å². The Balaban J connectivity index is 2.15. The van der Waals surface area contributed by atoms with Crippen LogP contribution in [0.2, 0.25) is 0 Å². The van der Waals surface area contributed by atoms with Crippen molar-refractivity contribution in [3.63, 3.8) is 0 Å². The number of carbonyl (C=O) groups is 1. The number of esters is 1. The summed E-state index contributed by atoms with van der Waals surface area (Å²) in [7, 11) is 1.33. The molecule has 1 saturated heterocycles. The smallest absolute Gasteiger partial charge is 0.308 e. The first-order chi connectivity index (χ1) is 9.56. The van der Waals surface area contributed by atoms with Crippen LogP contribution in [0.4, 0.5) is 14.5 Å². The van der Waals surface area contributed by atoms with E-state index in [4.69, 9.17) is 5.26 Å². The fourth-order valence-corrected chi connectivity index (χ4v) is 2.44. The maximum atomic E-state index is 13.9. The van der Waals surface area contributed by atoms with Crippen LogP contribution in [0.3, 0.4) is 0 Å². The monoisotopic (exact) mass is 280 g/mol. The quantitative estimate of drug-likeness (QED) is 0.779. The van der Waals surface area contributed by atoms with E-state index < -0.39 is 11.6 Å². The minimum atomic E-state index is -0.752. The molecule has 1 fully saturated rings. The molecule has 1 heterocycles. The summed E-state index contributed by atoms with van der Waals surface area (Å²) in [6.07, 6.45) is 0.983. The van der Waals surface area contributed by atoms with E-state index in [0.717, 1.165) is 12.1 Å². The number of methoxy groups -OCH3 is 1. The van der Waals surface area contributed by atoms with Crippen LogP contribution in [0.25, 0.3) is 0 Å². The van der Waals surface area contributed by atoms with E-state index in [-0.39, 0.29) is 23.1 Å². The Kier molecular flexibility index (Phi) is 4.18. The number of nitrogens with zero attached hydrogens (tertiary/aromatic N) is 2. The number of hydrogen-bond donors (Lipinski definition) is 0. The van der Waals surface area contributed by atoms with Gasteiger partial charge in [0.1, 0.15) is 5.69 Å². The minimum absolute atomic E-state index is 0.0480. The highest BCUT2D eigenvalue weighted by Gasteiger charge is 2.28. The lowest BCUT2D eigenvalue weighted by molar-refractivity contribution is -0.146. The maximum absolute atomic E-state index is 13.9. The van der Waals surface area contributed by atoms with Crippen molar-refractivity contribution in [3.05, 3.63) is 29.3 Å². The second kappa shape index (κ2) is 5.87. The molecule has 1 aliphatic rings. The van der Waals surface area contributed by atoms with Crippen LogP contribution in [0.5, 0.6) is 0 Å². The number of ether oxygens (including phenoxy) is 1. The van der Waals surface area contributed by atoms with Gasteiger partial charge < -0.3 is 9.64 Å². The van der Waals surface area contributed by atoms with Gasteiger partial charge in [-0.2, -0.15) is 5.26 Å². The number of hydrogen-bond acceptors (Lipinski definition) is 4. The summed E-state index contributed by atoms with van der Waals surface area (Å²) in [5, 5.41) is 8.66. The number of halogens is 2. The predicted octanol–water partition coefficient (Wildman–Crippen LogP) is 2.23. The molecular weight excluding hydrogens is 266 g/mol. The van der Waals surface area contributed by atoms with E-state index in [1.54, 1.807) is 11.0 Å². The molecule has 1 aromatic carbocycles. The summed E-state index contributed by atoms with van der Waals surface area (Å²) >= 11 is 0. The van der Waals surface area contributed by atoms with Gasteiger partial charge in [-0.25, -0.2) is 8.78 Å². The van der Waals surface area contributed by atoms with Crippen LogP contribution < -0.4 is 4.90 Å². The standard InChI is InChI=1S/C14H14F2N2O2/c1-20-14(19)10-2-4-18(5-3-10)13-11(15)6-9(8-17)7-12(13)16/h6-7,10H,2-5H2,1H3. The van der Waals surface area contributed by atoms with E-state index >= 15 is 0 Å². The third-order valence-corrected chi connectivity index (χ3v) is 3.49. The number of piperidine rings is 1. The molecule has 0 atom stereocenters. The second-order valence-corrected chi connectivity index (χ2v) is 4.68. The molecule has 1 aromatic rings. The molecular formula is C14H14F2N2O2. The Morgan fingerprint density at radius 3 is 2.35 bits per heavy atom. The van der Waals surface area contributed by atoms with Gasteiger partial charge >= 0.3 is 5.97 Å². The van der Waals surface area contributed by atoms with Gasteiger partial charge in [0.2, 0.25) is 0 Å². The molecule has 2 rings (SSSR count). The predicted molar refractivity (Wildman–Crippen MR) is 68.0 cm³/mol. The molecule has 0 aromatic heterocycles. The van der Waals surface area contributed by atoms with Gasteiger partial charge in [-0.3, -0.25) is 4.79 Å². The van der Waals surface area contributed by atoms with Crippen molar-refractivity contribution in [1.29, 1.82) is 5.26 Å². The lowest BCUT2D eigenvalue weighted by Gasteiger charge is -2.32. The molecule has 4 nitrogen and oxygen atoms in total. The van der Waals surface area contributed by atoms with Crippen molar-refractivity contribution in [3.8, 4) is 6.07 Å². The molecule has 0 radical (unpaired) electrons. The lowest BCUT2D eigenvalue weighted by atomic mass is 9.96. The molecule has 0 unspecified atom stereocenters. The Hall–Kier alpha value is -2.16. The third-order valence-electron chi connectivity index (χ3n) is 3.49. The molecule has 6 heteroatoms. The van der Waals surface area contributed by atoms with E-state index in [1.807, 2.05) is 0 Å². The Labute approximate surface area is 115 Å². The van der Waals surface area contributed by atoms with Gasteiger partial charge in [0.15, 0.2) is 11.6 Å². The molecule has 1 aliphatic heterocycles. The SMILES string of the molecule is COC(=O)C1CCN(c2c(F)cc(C#N)cc2F)CC1. The first-order valence-corrected chi connectivity index (χ1v) is 6.28. The van der Waals surface area contributed by atoms with Crippen LogP contribution >= 0.6 is 0 Å². The molecule has 0 bridgehead atoms. The molecule has 20 heavy (non-hydrogen) atoms. The van der Waals surface area contributed by atoms with Crippen LogP contribution in [0.1, 0.15) is 18.4 Å². The van der Waals surface area contributed by atoms with Crippen LogP contribution in [0, 0.1) is 28.9 Å². The van der Waals surface area contributed by atoms with Crippen molar-refractivity contribution in [1.82, 2.24) is 0 Å². The summed E-state index contributed by atoms with van der Waals surface area (Å²) in [5.41, 5.74) is -0.180. The molecule has 0 aliphatic carbocycles. The zero-order chi connectivity index (χ0) is 14.7. The normalized spacial score (nSPS) is 15.8. The molecule has 0 spiro atoms. The van der Waals surface area contributed by atoms with Gasteiger partial charge in [0.25, 0.3) is 0 Å². The molecule has 0 N–H and O–H groups in total. The van der Waals surface area contributed by atoms with Crippen molar-refractivity contribution in [2.45, 2.75) is 12.8 Å². The third kappa shape index (κ3) is 2.72. The average Bonchev–Trinajstić information content (AvgIpc) is 2.46. The fraction of sp³-hybridized carbons (Fsp3) is 0.429. The van der Waals surface area contributed by atoms with Gasteiger partial charge in [-0.1, -0.05) is 0 Å². The second-order valence-electron chi connectivity index (χ2n) is 4.68. The zero-order valence-corrected chi connectivity index (χ0v) is 11.0. The van der Waals surface area contributed by atoms with E-state index in [1.165, 1.54) is 7.11 Å². The number of benzene rings is 1. The zero-order valence-electron chi connectivity index (χ0n) is 11.0. The highest BCUT2D eigenvalue weighted by atomic mass is 19.1. The maximum Gasteiger partial charge on any atom is 0.308 e.